The number of aromatic nitrogens is 2. The second kappa shape index (κ2) is 9.46. The van der Waals surface area contributed by atoms with Gasteiger partial charge in [-0.3, -0.25) is 4.79 Å². The van der Waals surface area contributed by atoms with Crippen molar-refractivity contribution in [3.8, 4) is 5.69 Å². The van der Waals surface area contributed by atoms with Crippen molar-refractivity contribution in [2.75, 3.05) is 38.5 Å². The predicted molar refractivity (Wildman–Crippen MR) is 128 cm³/mol. The lowest BCUT2D eigenvalue weighted by atomic mass is 10.1. The van der Waals surface area contributed by atoms with Crippen molar-refractivity contribution in [3.63, 3.8) is 0 Å². The van der Waals surface area contributed by atoms with E-state index in [4.69, 9.17) is 0 Å². The third-order valence-electron chi connectivity index (χ3n) is 6.02. The number of nitrogens with one attached hydrogen (secondary N) is 1. The lowest BCUT2D eigenvalue weighted by Gasteiger charge is -2.31. The number of rotatable bonds is 6. The summed E-state index contributed by atoms with van der Waals surface area (Å²) in [6.45, 7) is 6.24. The Morgan fingerprint density at radius 2 is 1.61 bits per heavy atom. The van der Waals surface area contributed by atoms with Crippen LogP contribution in [0.4, 0.5) is 5.69 Å². The summed E-state index contributed by atoms with van der Waals surface area (Å²) >= 11 is 0. The molecule has 0 unspecified atom stereocenters. The van der Waals surface area contributed by atoms with Gasteiger partial charge < -0.3 is 10.2 Å². The number of para-hydroxylation sites is 1. The molecule has 1 N–H and O–H groups in total. The van der Waals surface area contributed by atoms with Crippen LogP contribution in [0.1, 0.15) is 17.0 Å². The Bertz CT molecular complexity index is 1230. The van der Waals surface area contributed by atoms with E-state index in [-0.39, 0.29) is 17.2 Å². The largest absolute Gasteiger partial charge is 0.326 e. The van der Waals surface area contributed by atoms with Crippen LogP contribution in [0.15, 0.2) is 59.5 Å². The van der Waals surface area contributed by atoms with E-state index >= 15 is 0 Å². The highest BCUT2D eigenvalue weighted by Gasteiger charge is 2.27. The van der Waals surface area contributed by atoms with Crippen LogP contribution in [0.2, 0.25) is 0 Å². The normalized spacial score (nSPS) is 15.5. The Kier molecular flexibility index (Phi) is 6.64. The number of hydrogen-bond acceptors (Lipinski definition) is 5. The van der Waals surface area contributed by atoms with Gasteiger partial charge >= 0.3 is 0 Å². The Morgan fingerprint density at radius 1 is 0.970 bits per heavy atom. The first-order valence-electron chi connectivity index (χ1n) is 10.9. The first kappa shape index (κ1) is 23.2. The minimum absolute atomic E-state index is 0.177. The quantitative estimate of drug-likeness (QED) is 0.602. The summed E-state index contributed by atoms with van der Waals surface area (Å²) in [6, 6.07) is 16.2. The lowest BCUT2D eigenvalue weighted by Crippen LogP contribution is -2.46. The number of aryl methyl sites for hydroxylation is 1. The molecule has 174 valence electrons. The zero-order chi connectivity index (χ0) is 23.6. The lowest BCUT2D eigenvalue weighted by molar-refractivity contribution is -0.115. The van der Waals surface area contributed by atoms with E-state index < -0.39 is 10.0 Å². The monoisotopic (exact) mass is 467 g/mol. The van der Waals surface area contributed by atoms with Crippen molar-refractivity contribution < 1.29 is 13.2 Å². The third kappa shape index (κ3) is 5.00. The number of carbonyl (C=O) groups is 1. The number of nitrogens with zero attached hydrogens (tertiary/aromatic N) is 4. The van der Waals surface area contributed by atoms with Crippen molar-refractivity contribution in [3.05, 3.63) is 71.5 Å². The molecule has 0 atom stereocenters. The molecule has 33 heavy (non-hydrogen) atoms. The fraction of sp³-hybridized carbons (Fsp3) is 0.333. The van der Waals surface area contributed by atoms with Gasteiger partial charge in [0.05, 0.1) is 22.7 Å². The number of amides is 1. The SMILES string of the molecule is Cc1nn(-c2ccccc2)c(C)c1CC(=O)Nc1ccc(S(=O)(=O)N2CCN(C)CC2)cc1. The molecule has 1 amide bonds. The van der Waals surface area contributed by atoms with Crippen molar-refractivity contribution in [1.29, 1.82) is 0 Å². The minimum atomic E-state index is -3.53. The standard InChI is InChI=1S/C24H29N5O3S/c1-18-23(19(2)29(26-18)21-7-5-4-6-8-21)17-24(30)25-20-9-11-22(12-10-20)33(31,32)28-15-13-27(3)14-16-28/h4-12H,13-17H2,1-3H3,(H,25,30). The molecule has 0 bridgehead atoms. The molecular weight excluding hydrogens is 438 g/mol. The number of hydrogen-bond donors (Lipinski definition) is 1. The Labute approximate surface area is 194 Å². The van der Waals surface area contributed by atoms with E-state index in [0.29, 0.717) is 31.9 Å². The zero-order valence-electron chi connectivity index (χ0n) is 19.2. The Morgan fingerprint density at radius 3 is 2.24 bits per heavy atom. The molecule has 2 aromatic carbocycles. The van der Waals surface area contributed by atoms with E-state index in [0.717, 1.165) is 22.6 Å². The number of anilines is 1. The van der Waals surface area contributed by atoms with Crippen LogP contribution in [-0.2, 0) is 21.2 Å². The van der Waals surface area contributed by atoms with Crippen molar-refractivity contribution in [1.82, 2.24) is 19.0 Å². The summed E-state index contributed by atoms with van der Waals surface area (Å²) in [4.78, 5) is 15.1. The number of piperazine rings is 1. The van der Waals surface area contributed by atoms with Crippen molar-refractivity contribution in [2.45, 2.75) is 25.2 Å². The molecule has 3 aromatic rings. The zero-order valence-corrected chi connectivity index (χ0v) is 20.0. The second-order valence-electron chi connectivity index (χ2n) is 8.35. The van der Waals surface area contributed by atoms with Crippen LogP contribution in [0.5, 0.6) is 0 Å². The molecule has 0 radical (unpaired) electrons. The Hall–Kier alpha value is -3.01. The van der Waals surface area contributed by atoms with Crippen molar-refractivity contribution >= 4 is 21.6 Å². The highest BCUT2D eigenvalue weighted by atomic mass is 32.2. The highest BCUT2D eigenvalue weighted by molar-refractivity contribution is 7.89. The smallest absolute Gasteiger partial charge is 0.243 e. The number of carbonyl (C=O) groups excluding carboxylic acids is 1. The second-order valence-corrected chi connectivity index (χ2v) is 10.3. The molecule has 1 saturated heterocycles. The van der Waals surface area contributed by atoms with E-state index in [1.54, 1.807) is 24.3 Å². The summed E-state index contributed by atoms with van der Waals surface area (Å²) in [7, 11) is -1.55. The number of sulfonamides is 1. The van der Waals surface area contributed by atoms with Gasteiger partial charge in [-0.15, -0.1) is 0 Å². The van der Waals surface area contributed by atoms with Crippen LogP contribution < -0.4 is 5.32 Å². The average Bonchev–Trinajstić information content (AvgIpc) is 3.08. The maximum atomic E-state index is 12.9. The van der Waals surface area contributed by atoms with Gasteiger partial charge in [-0.2, -0.15) is 9.40 Å². The van der Waals surface area contributed by atoms with Gasteiger partial charge in [0.15, 0.2) is 0 Å². The Balaban J connectivity index is 1.43. The topological polar surface area (TPSA) is 87.5 Å². The van der Waals surface area contributed by atoms with E-state index in [1.165, 1.54) is 4.31 Å². The van der Waals surface area contributed by atoms with Crippen LogP contribution >= 0.6 is 0 Å². The number of benzene rings is 2. The third-order valence-corrected chi connectivity index (χ3v) is 7.93. The fourth-order valence-corrected chi connectivity index (χ4v) is 5.43. The molecule has 8 nitrogen and oxygen atoms in total. The molecule has 1 aromatic heterocycles. The maximum absolute atomic E-state index is 12.9. The van der Waals surface area contributed by atoms with Crippen molar-refractivity contribution in [2.24, 2.45) is 0 Å². The molecule has 2 heterocycles. The van der Waals surface area contributed by atoms with E-state index in [1.807, 2.05) is 55.9 Å². The molecule has 0 saturated carbocycles. The average molecular weight is 468 g/mol. The number of likely N-dealkylation sites (N-methyl/N-ethyl adjacent to an activating group) is 1. The first-order valence-corrected chi connectivity index (χ1v) is 12.4. The van der Waals surface area contributed by atoms with E-state index in [9.17, 15) is 13.2 Å². The van der Waals surface area contributed by atoms with Crippen LogP contribution in [-0.4, -0.2) is 66.5 Å². The maximum Gasteiger partial charge on any atom is 0.243 e. The molecule has 9 heteroatoms. The van der Waals surface area contributed by atoms with Gasteiger partial charge in [-0.1, -0.05) is 18.2 Å². The van der Waals surface area contributed by atoms with Crippen LogP contribution in [0.3, 0.4) is 0 Å². The molecule has 0 aliphatic carbocycles. The van der Waals surface area contributed by atoms with Crippen LogP contribution in [0.25, 0.3) is 5.69 Å². The summed E-state index contributed by atoms with van der Waals surface area (Å²) in [5, 5.41) is 7.46. The predicted octanol–water partition coefficient (Wildman–Crippen LogP) is 2.61. The van der Waals surface area contributed by atoms with Gasteiger partial charge in [-0.25, -0.2) is 13.1 Å². The minimum Gasteiger partial charge on any atom is -0.326 e. The van der Waals surface area contributed by atoms with Gasteiger partial charge in [0.1, 0.15) is 0 Å². The molecule has 4 rings (SSSR count). The van der Waals surface area contributed by atoms with E-state index in [2.05, 4.69) is 15.3 Å². The summed E-state index contributed by atoms with van der Waals surface area (Å²) in [5.41, 5.74) is 4.11. The summed E-state index contributed by atoms with van der Waals surface area (Å²) < 4.78 is 29.1. The molecular formula is C24H29N5O3S. The van der Waals surface area contributed by atoms with Gasteiger partial charge in [0.2, 0.25) is 15.9 Å². The van der Waals surface area contributed by atoms with Gasteiger partial charge in [0.25, 0.3) is 0 Å². The highest BCUT2D eigenvalue weighted by Crippen LogP contribution is 2.21. The molecule has 0 spiro atoms. The van der Waals surface area contributed by atoms with Gasteiger partial charge in [-0.05, 0) is 57.3 Å². The first-order chi connectivity index (χ1) is 15.8. The summed E-state index contributed by atoms with van der Waals surface area (Å²) in [6.07, 6.45) is 0.186. The van der Waals surface area contributed by atoms with Crippen LogP contribution in [0, 0.1) is 13.8 Å². The molecule has 1 fully saturated rings. The van der Waals surface area contributed by atoms with Gasteiger partial charge in [0, 0.05) is 43.1 Å². The fourth-order valence-electron chi connectivity index (χ4n) is 4.00. The molecule has 1 aliphatic heterocycles. The molecule has 1 aliphatic rings. The summed E-state index contributed by atoms with van der Waals surface area (Å²) in [5.74, 6) is -0.177.